The number of nitrogens with one attached hydrogen (secondary N) is 2. The molecule has 0 saturated heterocycles. The molecule has 41 heavy (non-hydrogen) atoms. The van der Waals surface area contributed by atoms with Crippen molar-refractivity contribution in [3.63, 3.8) is 0 Å². The first-order chi connectivity index (χ1) is 20.4. The first-order valence-electron chi connectivity index (χ1n) is 16.2. The Morgan fingerprint density at radius 1 is 0.537 bits per heavy atom. The summed E-state index contributed by atoms with van der Waals surface area (Å²) in [7, 11) is 0. The van der Waals surface area contributed by atoms with Crippen LogP contribution < -0.4 is 10.6 Å². The molecular weight excluding hydrogens is 567 g/mol. The van der Waals surface area contributed by atoms with Crippen molar-refractivity contribution in [2.45, 2.75) is 101 Å². The Hall–Kier alpha value is -2.62. The summed E-state index contributed by atoms with van der Waals surface area (Å²) < 4.78 is 0. The van der Waals surface area contributed by atoms with Crippen molar-refractivity contribution in [3.05, 3.63) is 71.0 Å². The van der Waals surface area contributed by atoms with Crippen molar-refractivity contribution in [1.29, 1.82) is 0 Å². The molecule has 216 valence electrons. The molecule has 2 aliphatic carbocycles. The van der Waals surface area contributed by atoms with Gasteiger partial charge in [0, 0.05) is 0 Å². The first-order valence-corrected chi connectivity index (χ1v) is 18.7. The second-order valence-electron chi connectivity index (χ2n) is 11.9. The van der Waals surface area contributed by atoms with Crippen LogP contribution in [-0.2, 0) is 25.7 Å². The molecule has 2 N–H and O–H groups in total. The van der Waals surface area contributed by atoms with Crippen LogP contribution in [0.1, 0.15) is 86.7 Å². The van der Waals surface area contributed by atoms with Crippen LogP contribution in [0.4, 0.5) is 11.4 Å². The molecule has 0 aliphatic heterocycles. The second kappa shape index (κ2) is 14.5. The number of unbranched alkanes of at least 4 members (excludes halogenated alkanes) is 4. The Bertz CT molecular complexity index is 1340. The molecule has 0 saturated carbocycles. The van der Waals surface area contributed by atoms with E-state index in [0.29, 0.717) is 0 Å². The average Bonchev–Trinajstić information content (AvgIpc) is 3.02. The molecule has 0 bridgehead atoms. The summed E-state index contributed by atoms with van der Waals surface area (Å²) in [6.45, 7) is 2.16. The van der Waals surface area contributed by atoms with Gasteiger partial charge in [0.1, 0.15) is 0 Å². The SMILES string of the molecule is c1ccc2c(NCCCCC[Se]CCCCCNc3c4c(nc5ccccc35)CCCC4)c3c(nc2c1)CCCC3. The number of aromatic nitrogens is 2. The molecule has 0 amide bonds. The standard InChI is InChI=1S/C36H46N4Se/c1(11-23-37-35-27-15-3-7-19-31(27)39-32-20-8-4-16-28(32)35)13-25-41-26-14-2-12-24-38-36-29-17-5-9-21-33(29)40-34-22-10-6-18-30(34)36/h3,5,7,9,15,17,19,21H,1-2,4,6,8,10-14,16,18,20,22-26H2,(H,37,39)(H,38,40). The van der Waals surface area contributed by atoms with Crippen LogP contribution in [0, 0.1) is 0 Å². The van der Waals surface area contributed by atoms with Crippen LogP contribution in [0.5, 0.6) is 0 Å². The maximum atomic E-state index is 4.98. The van der Waals surface area contributed by atoms with E-state index in [1.54, 1.807) is 0 Å². The minimum atomic E-state index is 0.807. The number of pyridine rings is 2. The zero-order valence-electron chi connectivity index (χ0n) is 24.6. The average molecular weight is 614 g/mol. The van der Waals surface area contributed by atoms with Crippen molar-refractivity contribution in [1.82, 2.24) is 9.97 Å². The monoisotopic (exact) mass is 614 g/mol. The Labute approximate surface area is 252 Å². The van der Waals surface area contributed by atoms with Gasteiger partial charge < -0.3 is 0 Å². The Morgan fingerprint density at radius 2 is 1.00 bits per heavy atom. The topological polar surface area (TPSA) is 49.8 Å². The molecule has 0 atom stereocenters. The molecule has 0 spiro atoms. The summed E-state index contributed by atoms with van der Waals surface area (Å²) in [5, 5.41) is 13.2. The molecule has 2 heterocycles. The van der Waals surface area contributed by atoms with Crippen LogP contribution >= 0.6 is 0 Å². The summed E-state index contributed by atoms with van der Waals surface area (Å²) in [6.07, 6.45) is 17.8. The van der Waals surface area contributed by atoms with Gasteiger partial charge >= 0.3 is 253 Å². The Kier molecular flexibility index (Phi) is 10.1. The zero-order chi connectivity index (χ0) is 27.7. The number of nitrogens with zero attached hydrogens (tertiary/aromatic N) is 2. The van der Waals surface area contributed by atoms with E-state index in [-0.39, 0.29) is 0 Å². The van der Waals surface area contributed by atoms with E-state index in [0.717, 1.165) is 51.9 Å². The van der Waals surface area contributed by atoms with Gasteiger partial charge in [-0.2, -0.15) is 0 Å². The number of rotatable bonds is 14. The van der Waals surface area contributed by atoms with Crippen LogP contribution in [0.3, 0.4) is 0 Å². The molecule has 4 nitrogen and oxygen atoms in total. The van der Waals surface area contributed by atoms with Crippen LogP contribution in [0.15, 0.2) is 48.5 Å². The Balaban J connectivity index is 0.855. The van der Waals surface area contributed by atoms with Crippen molar-refractivity contribution < 1.29 is 0 Å². The fraction of sp³-hybridized carbons (Fsp3) is 0.500. The van der Waals surface area contributed by atoms with Crippen molar-refractivity contribution >= 4 is 48.1 Å². The van der Waals surface area contributed by atoms with Crippen LogP contribution in [-0.4, -0.2) is 38.0 Å². The number of para-hydroxylation sites is 2. The van der Waals surface area contributed by atoms with E-state index in [4.69, 9.17) is 9.97 Å². The quantitative estimate of drug-likeness (QED) is 0.110. The van der Waals surface area contributed by atoms with Gasteiger partial charge in [-0.25, -0.2) is 0 Å². The van der Waals surface area contributed by atoms with Gasteiger partial charge in [-0.3, -0.25) is 0 Å². The van der Waals surface area contributed by atoms with Gasteiger partial charge in [0.05, 0.1) is 0 Å². The summed E-state index contributed by atoms with van der Waals surface area (Å²) in [6, 6.07) is 17.4. The molecule has 2 aliphatic rings. The van der Waals surface area contributed by atoms with Gasteiger partial charge in [-0.15, -0.1) is 0 Å². The third-order valence-electron chi connectivity index (χ3n) is 8.87. The normalized spacial score (nSPS) is 14.6. The molecule has 5 heteroatoms. The summed E-state index contributed by atoms with van der Waals surface area (Å²) in [5.74, 6) is 0. The fourth-order valence-electron chi connectivity index (χ4n) is 6.69. The molecule has 0 unspecified atom stereocenters. The molecule has 2 aromatic heterocycles. The zero-order valence-corrected chi connectivity index (χ0v) is 26.4. The van der Waals surface area contributed by atoms with Gasteiger partial charge in [0.15, 0.2) is 0 Å². The number of benzene rings is 2. The second-order valence-corrected chi connectivity index (χ2v) is 14.4. The van der Waals surface area contributed by atoms with E-state index >= 15 is 0 Å². The van der Waals surface area contributed by atoms with E-state index in [2.05, 4.69) is 59.2 Å². The van der Waals surface area contributed by atoms with Crippen molar-refractivity contribution in [2.75, 3.05) is 23.7 Å². The van der Waals surface area contributed by atoms with E-state index in [1.807, 2.05) is 0 Å². The molecule has 2 aromatic carbocycles. The van der Waals surface area contributed by atoms with Gasteiger partial charge in [-0.05, 0) is 0 Å². The molecular formula is C36H46N4Se. The minimum absolute atomic E-state index is 0.807. The number of aryl methyl sites for hydroxylation is 2. The first kappa shape index (κ1) is 28.5. The molecule has 4 aromatic rings. The van der Waals surface area contributed by atoms with E-state index in [9.17, 15) is 0 Å². The molecule has 0 radical (unpaired) electrons. The van der Waals surface area contributed by atoms with Gasteiger partial charge in [-0.1, -0.05) is 0 Å². The van der Waals surface area contributed by atoms with E-state index in [1.165, 1.54) is 132 Å². The third-order valence-corrected chi connectivity index (χ3v) is 11.3. The number of hydrogen-bond acceptors (Lipinski definition) is 4. The van der Waals surface area contributed by atoms with Crippen molar-refractivity contribution in [3.8, 4) is 0 Å². The summed E-state index contributed by atoms with van der Waals surface area (Å²) >= 11 is 0.807. The van der Waals surface area contributed by atoms with Gasteiger partial charge in [0.2, 0.25) is 0 Å². The van der Waals surface area contributed by atoms with Crippen molar-refractivity contribution in [2.24, 2.45) is 0 Å². The summed E-state index contributed by atoms with van der Waals surface area (Å²) in [5.41, 5.74) is 10.7. The predicted molar refractivity (Wildman–Crippen MR) is 177 cm³/mol. The fourth-order valence-corrected chi connectivity index (χ4v) is 8.83. The Morgan fingerprint density at radius 3 is 1.51 bits per heavy atom. The number of hydrogen-bond donors (Lipinski definition) is 2. The maximum absolute atomic E-state index is 4.98. The van der Waals surface area contributed by atoms with E-state index < -0.39 is 0 Å². The molecule has 0 fully saturated rings. The van der Waals surface area contributed by atoms with Crippen LogP contribution in [0.25, 0.3) is 21.8 Å². The third kappa shape index (κ3) is 7.06. The van der Waals surface area contributed by atoms with Crippen LogP contribution in [0.2, 0.25) is 10.6 Å². The number of anilines is 2. The summed E-state index contributed by atoms with van der Waals surface area (Å²) in [4.78, 5) is 9.96. The molecule has 6 rings (SSSR count). The predicted octanol–water partition coefficient (Wildman–Crippen LogP) is 8.95. The number of fused-ring (bicyclic) bond motifs is 4. The van der Waals surface area contributed by atoms with Gasteiger partial charge in [0.25, 0.3) is 0 Å².